The summed E-state index contributed by atoms with van der Waals surface area (Å²) < 4.78 is 40.2. The zero-order chi connectivity index (χ0) is 20.3. The Morgan fingerprint density at radius 3 is 2.39 bits per heavy atom. The van der Waals surface area contributed by atoms with Crippen molar-refractivity contribution in [2.45, 2.75) is 25.1 Å². The lowest BCUT2D eigenvalue weighted by Gasteiger charge is -2.32. The van der Waals surface area contributed by atoms with Gasteiger partial charge in [-0.2, -0.15) is 18.3 Å². The third kappa shape index (κ3) is 4.62. The summed E-state index contributed by atoms with van der Waals surface area (Å²) in [7, 11) is 1.34. The van der Waals surface area contributed by atoms with Crippen LogP contribution in [0.5, 0.6) is 0 Å². The van der Waals surface area contributed by atoms with Crippen molar-refractivity contribution in [1.82, 2.24) is 20.0 Å². The topological polar surface area (TPSA) is 79.3 Å². The van der Waals surface area contributed by atoms with E-state index in [1.807, 2.05) is 6.07 Å². The van der Waals surface area contributed by atoms with Crippen LogP contribution in [-0.2, 0) is 13.2 Å². The Labute approximate surface area is 159 Å². The van der Waals surface area contributed by atoms with E-state index in [-0.39, 0.29) is 25.2 Å². The van der Waals surface area contributed by atoms with Gasteiger partial charge in [0.05, 0.1) is 5.56 Å². The number of benzene rings is 1. The number of anilines is 1. The highest BCUT2D eigenvalue weighted by molar-refractivity contribution is 5.95. The molecular weight excluding hydrogens is 375 g/mol. The van der Waals surface area contributed by atoms with Gasteiger partial charge >= 0.3 is 12.2 Å². The Balaban J connectivity index is 1.55. The van der Waals surface area contributed by atoms with Gasteiger partial charge in [0, 0.05) is 38.1 Å². The molecule has 150 valence electrons. The summed E-state index contributed by atoms with van der Waals surface area (Å²) in [5.74, 6) is -0.701. The lowest BCUT2D eigenvalue weighted by molar-refractivity contribution is -0.141. The summed E-state index contributed by atoms with van der Waals surface area (Å²) in [6.45, 7) is 0.503. The SMILES string of the molecule is Cn1cc(C(=O)N2CCC(NC(=O)Nc3ccccc3)CC2)c(C(F)(F)F)n1. The van der Waals surface area contributed by atoms with Gasteiger partial charge in [0.25, 0.3) is 5.91 Å². The van der Waals surface area contributed by atoms with E-state index in [1.165, 1.54) is 11.9 Å². The fourth-order valence-corrected chi connectivity index (χ4v) is 3.13. The molecule has 1 aliphatic rings. The molecule has 2 heterocycles. The van der Waals surface area contributed by atoms with E-state index in [9.17, 15) is 22.8 Å². The fraction of sp³-hybridized carbons (Fsp3) is 0.389. The molecule has 1 aromatic heterocycles. The molecule has 3 rings (SSSR count). The highest BCUT2D eigenvalue weighted by Crippen LogP contribution is 2.31. The smallest absolute Gasteiger partial charge is 0.338 e. The van der Waals surface area contributed by atoms with Gasteiger partial charge in [0.2, 0.25) is 0 Å². The molecule has 2 N–H and O–H groups in total. The number of piperidine rings is 1. The largest absolute Gasteiger partial charge is 0.435 e. The summed E-state index contributed by atoms with van der Waals surface area (Å²) in [6, 6.07) is 8.43. The summed E-state index contributed by atoms with van der Waals surface area (Å²) in [5, 5.41) is 8.90. The number of nitrogens with one attached hydrogen (secondary N) is 2. The number of aryl methyl sites for hydroxylation is 1. The molecule has 1 aliphatic heterocycles. The first-order valence-electron chi connectivity index (χ1n) is 8.76. The normalized spacial score (nSPS) is 15.4. The Hall–Kier alpha value is -3.04. The van der Waals surface area contributed by atoms with E-state index >= 15 is 0 Å². The molecule has 7 nitrogen and oxygen atoms in total. The van der Waals surface area contributed by atoms with Crippen molar-refractivity contribution < 1.29 is 22.8 Å². The van der Waals surface area contributed by atoms with E-state index < -0.39 is 23.3 Å². The first kappa shape index (κ1) is 19.7. The monoisotopic (exact) mass is 395 g/mol. The van der Waals surface area contributed by atoms with Crippen LogP contribution in [0.25, 0.3) is 0 Å². The van der Waals surface area contributed by atoms with Crippen LogP contribution in [0.4, 0.5) is 23.7 Å². The molecule has 3 amide bonds. The van der Waals surface area contributed by atoms with Crippen LogP contribution in [0.2, 0.25) is 0 Å². The van der Waals surface area contributed by atoms with E-state index in [1.54, 1.807) is 24.3 Å². The average molecular weight is 395 g/mol. The van der Waals surface area contributed by atoms with Crippen molar-refractivity contribution >= 4 is 17.6 Å². The second-order valence-electron chi connectivity index (χ2n) is 6.59. The molecule has 0 saturated carbocycles. The van der Waals surface area contributed by atoms with E-state index in [4.69, 9.17) is 0 Å². The molecule has 0 bridgehead atoms. The quantitative estimate of drug-likeness (QED) is 0.839. The number of alkyl halides is 3. The van der Waals surface area contributed by atoms with Crippen molar-refractivity contribution in [3.05, 3.63) is 47.8 Å². The molecule has 0 radical (unpaired) electrons. The van der Waals surface area contributed by atoms with Crippen molar-refractivity contribution in [1.29, 1.82) is 0 Å². The number of halogens is 3. The van der Waals surface area contributed by atoms with Gasteiger partial charge in [-0.25, -0.2) is 4.79 Å². The molecule has 0 spiro atoms. The van der Waals surface area contributed by atoms with Gasteiger partial charge in [0.1, 0.15) is 0 Å². The summed E-state index contributed by atoms with van der Waals surface area (Å²) >= 11 is 0. The molecule has 2 aromatic rings. The van der Waals surface area contributed by atoms with Gasteiger partial charge in [-0.1, -0.05) is 18.2 Å². The number of likely N-dealkylation sites (tertiary alicyclic amines) is 1. The van der Waals surface area contributed by atoms with Gasteiger partial charge in [-0.05, 0) is 25.0 Å². The van der Waals surface area contributed by atoms with Crippen molar-refractivity contribution in [3.63, 3.8) is 0 Å². The van der Waals surface area contributed by atoms with Crippen LogP contribution in [0.1, 0.15) is 28.9 Å². The molecule has 1 saturated heterocycles. The van der Waals surface area contributed by atoms with E-state index in [0.29, 0.717) is 18.5 Å². The molecule has 1 aromatic carbocycles. The average Bonchev–Trinajstić information content (AvgIpc) is 3.05. The number of rotatable bonds is 3. The van der Waals surface area contributed by atoms with Crippen molar-refractivity contribution in [3.8, 4) is 0 Å². The third-order valence-electron chi connectivity index (χ3n) is 4.48. The predicted molar refractivity (Wildman–Crippen MR) is 95.7 cm³/mol. The number of hydrogen-bond donors (Lipinski definition) is 2. The maximum absolute atomic E-state index is 13.1. The minimum Gasteiger partial charge on any atom is -0.338 e. The molecule has 0 atom stereocenters. The zero-order valence-corrected chi connectivity index (χ0v) is 15.2. The standard InChI is InChI=1S/C18H20F3N5O2/c1-25-11-14(15(24-25)18(19,20)21)16(27)26-9-7-13(8-10-26)23-17(28)22-12-5-3-2-4-6-12/h2-6,11,13H,7-10H2,1H3,(H2,22,23,28). The van der Waals surface area contributed by atoms with Gasteiger partial charge in [0.15, 0.2) is 5.69 Å². The third-order valence-corrected chi connectivity index (χ3v) is 4.48. The predicted octanol–water partition coefficient (Wildman–Crippen LogP) is 2.87. The van der Waals surface area contributed by atoms with E-state index in [2.05, 4.69) is 15.7 Å². The van der Waals surface area contributed by atoms with Crippen LogP contribution in [0.3, 0.4) is 0 Å². The Morgan fingerprint density at radius 1 is 1.14 bits per heavy atom. The number of urea groups is 1. The zero-order valence-electron chi connectivity index (χ0n) is 15.2. The highest BCUT2D eigenvalue weighted by atomic mass is 19.4. The number of hydrogen-bond acceptors (Lipinski definition) is 3. The summed E-state index contributed by atoms with van der Waals surface area (Å²) in [6.07, 6.45) is -2.70. The Kier molecular flexibility index (Phi) is 5.57. The molecule has 28 heavy (non-hydrogen) atoms. The van der Waals surface area contributed by atoms with Crippen LogP contribution in [-0.4, -0.2) is 45.8 Å². The molecule has 10 heteroatoms. The van der Waals surface area contributed by atoms with E-state index in [0.717, 1.165) is 10.9 Å². The van der Waals surface area contributed by atoms with Crippen LogP contribution < -0.4 is 10.6 Å². The Bertz CT molecular complexity index is 843. The number of carbonyl (C=O) groups is 2. The number of carbonyl (C=O) groups excluding carboxylic acids is 2. The molecule has 1 fully saturated rings. The maximum atomic E-state index is 13.1. The first-order valence-corrected chi connectivity index (χ1v) is 8.76. The lowest BCUT2D eigenvalue weighted by atomic mass is 10.0. The van der Waals surface area contributed by atoms with Crippen molar-refractivity contribution in [2.75, 3.05) is 18.4 Å². The number of para-hydroxylation sites is 1. The first-order chi connectivity index (χ1) is 13.2. The summed E-state index contributed by atoms with van der Waals surface area (Å²) in [4.78, 5) is 25.9. The fourth-order valence-electron chi connectivity index (χ4n) is 3.13. The van der Waals surface area contributed by atoms with Gasteiger partial charge < -0.3 is 15.5 Å². The highest BCUT2D eigenvalue weighted by Gasteiger charge is 2.40. The minimum absolute atomic E-state index is 0.163. The van der Waals surface area contributed by atoms with Gasteiger partial charge in [-0.3, -0.25) is 9.48 Å². The second-order valence-corrected chi connectivity index (χ2v) is 6.59. The molecule has 0 aliphatic carbocycles. The number of aromatic nitrogens is 2. The number of nitrogens with zero attached hydrogens (tertiary/aromatic N) is 3. The van der Waals surface area contributed by atoms with Crippen molar-refractivity contribution in [2.24, 2.45) is 7.05 Å². The van der Waals surface area contributed by atoms with Gasteiger partial charge in [-0.15, -0.1) is 0 Å². The lowest BCUT2D eigenvalue weighted by Crippen LogP contribution is -2.47. The molecular formula is C18H20F3N5O2. The van der Waals surface area contributed by atoms with Crippen LogP contribution in [0.15, 0.2) is 36.5 Å². The number of amides is 3. The maximum Gasteiger partial charge on any atom is 0.435 e. The Morgan fingerprint density at radius 2 is 1.79 bits per heavy atom. The second kappa shape index (κ2) is 7.91. The summed E-state index contributed by atoms with van der Waals surface area (Å²) in [5.41, 5.74) is -0.977. The minimum atomic E-state index is -4.69. The molecule has 0 unspecified atom stereocenters. The van der Waals surface area contributed by atoms with Crippen LogP contribution in [0, 0.1) is 0 Å². The van der Waals surface area contributed by atoms with Crippen LogP contribution >= 0.6 is 0 Å².